The van der Waals surface area contributed by atoms with E-state index in [1.54, 1.807) is 0 Å². The molecular weight excluding hydrogens is 188 g/mol. The summed E-state index contributed by atoms with van der Waals surface area (Å²) in [6.07, 6.45) is 7.16. The normalized spacial score (nSPS) is 17.9. The Balaban J connectivity index is 2.13. The van der Waals surface area contributed by atoms with Crippen LogP contribution < -0.4 is 5.32 Å². The molecule has 0 bridgehead atoms. The highest BCUT2D eigenvalue weighted by atomic mass is 16.2. The zero-order valence-electron chi connectivity index (χ0n) is 10.1. The summed E-state index contributed by atoms with van der Waals surface area (Å²) in [5.74, 6) is 0. The van der Waals surface area contributed by atoms with E-state index in [2.05, 4.69) is 19.2 Å². The fourth-order valence-electron chi connectivity index (χ4n) is 1.99. The van der Waals surface area contributed by atoms with E-state index in [4.69, 9.17) is 0 Å². The van der Waals surface area contributed by atoms with Gasteiger partial charge in [0.05, 0.1) is 0 Å². The average Bonchev–Trinajstić information content (AvgIpc) is 2.70. The van der Waals surface area contributed by atoms with Gasteiger partial charge in [-0.25, -0.2) is 4.79 Å². The highest BCUT2D eigenvalue weighted by Crippen LogP contribution is 2.08. The molecule has 1 aliphatic rings. The van der Waals surface area contributed by atoms with Gasteiger partial charge in [-0.15, -0.1) is 0 Å². The Hall–Kier alpha value is -0.730. The van der Waals surface area contributed by atoms with Crippen LogP contribution in [-0.4, -0.2) is 30.1 Å². The first-order valence-corrected chi connectivity index (χ1v) is 6.29. The largest absolute Gasteiger partial charge is 0.336 e. The predicted molar refractivity (Wildman–Crippen MR) is 62.9 cm³/mol. The predicted octanol–water partition coefficient (Wildman–Crippen LogP) is 2.76. The summed E-state index contributed by atoms with van der Waals surface area (Å²) in [4.78, 5) is 13.6. The lowest BCUT2D eigenvalue weighted by Crippen LogP contribution is -2.42. The second-order valence-electron chi connectivity index (χ2n) is 4.54. The summed E-state index contributed by atoms with van der Waals surface area (Å²) in [5.41, 5.74) is 0. The third-order valence-electron chi connectivity index (χ3n) is 3.00. The fourth-order valence-corrected chi connectivity index (χ4v) is 1.99. The minimum Gasteiger partial charge on any atom is -0.336 e. The molecule has 0 aromatic carbocycles. The van der Waals surface area contributed by atoms with E-state index < -0.39 is 0 Å². The van der Waals surface area contributed by atoms with Crippen LogP contribution in [0, 0.1) is 0 Å². The van der Waals surface area contributed by atoms with Crippen molar-refractivity contribution >= 4 is 6.03 Å². The number of carbonyl (C=O) groups excluding carboxylic acids is 1. The number of urea groups is 1. The number of nitrogens with zero attached hydrogens (tertiary/aromatic N) is 1. The first-order chi connectivity index (χ1) is 7.24. The molecule has 0 spiro atoms. The van der Waals surface area contributed by atoms with Crippen molar-refractivity contribution in [2.24, 2.45) is 0 Å². The van der Waals surface area contributed by atoms with Crippen molar-refractivity contribution in [1.82, 2.24) is 10.2 Å². The summed E-state index contributed by atoms with van der Waals surface area (Å²) in [6.45, 7) is 6.18. The molecule has 0 aromatic rings. The quantitative estimate of drug-likeness (QED) is 0.698. The molecule has 0 radical (unpaired) electrons. The maximum absolute atomic E-state index is 11.7. The molecule has 1 heterocycles. The van der Waals surface area contributed by atoms with E-state index in [9.17, 15) is 4.79 Å². The van der Waals surface area contributed by atoms with Gasteiger partial charge >= 0.3 is 6.03 Å². The molecule has 1 rings (SSSR count). The van der Waals surface area contributed by atoms with Crippen molar-refractivity contribution in [3.63, 3.8) is 0 Å². The average molecular weight is 212 g/mol. The van der Waals surface area contributed by atoms with Crippen molar-refractivity contribution < 1.29 is 4.79 Å². The van der Waals surface area contributed by atoms with E-state index in [0.717, 1.165) is 32.4 Å². The minimum absolute atomic E-state index is 0.136. The summed E-state index contributed by atoms with van der Waals surface area (Å²) < 4.78 is 0. The van der Waals surface area contributed by atoms with Crippen molar-refractivity contribution in [1.29, 1.82) is 0 Å². The molecule has 15 heavy (non-hydrogen) atoms. The maximum Gasteiger partial charge on any atom is 0.317 e. The molecule has 3 heteroatoms. The van der Waals surface area contributed by atoms with E-state index in [-0.39, 0.29) is 6.03 Å². The van der Waals surface area contributed by atoms with Crippen molar-refractivity contribution in [2.45, 2.75) is 58.4 Å². The van der Waals surface area contributed by atoms with Crippen LogP contribution in [0.1, 0.15) is 52.4 Å². The smallest absolute Gasteiger partial charge is 0.317 e. The Labute approximate surface area is 93.2 Å². The van der Waals surface area contributed by atoms with Crippen molar-refractivity contribution in [3.8, 4) is 0 Å². The van der Waals surface area contributed by atoms with Crippen LogP contribution in [0.25, 0.3) is 0 Å². The molecule has 0 unspecified atom stereocenters. The third kappa shape index (κ3) is 4.54. The van der Waals surface area contributed by atoms with E-state index >= 15 is 0 Å². The number of nitrogens with one attached hydrogen (secondary N) is 1. The van der Waals surface area contributed by atoms with Crippen LogP contribution in [-0.2, 0) is 0 Å². The number of amides is 2. The summed E-state index contributed by atoms with van der Waals surface area (Å²) >= 11 is 0. The van der Waals surface area contributed by atoms with E-state index in [1.165, 1.54) is 19.3 Å². The topological polar surface area (TPSA) is 32.3 Å². The number of rotatable bonds is 5. The summed E-state index contributed by atoms with van der Waals surface area (Å²) in [7, 11) is 0. The van der Waals surface area contributed by atoms with E-state index in [1.807, 2.05) is 4.90 Å². The molecule has 0 aliphatic carbocycles. The molecular formula is C12H24N2O. The van der Waals surface area contributed by atoms with Crippen molar-refractivity contribution in [3.05, 3.63) is 0 Å². The van der Waals surface area contributed by atoms with Gasteiger partial charge < -0.3 is 10.2 Å². The lowest BCUT2D eigenvalue weighted by molar-refractivity contribution is 0.204. The van der Waals surface area contributed by atoms with Gasteiger partial charge in [0.25, 0.3) is 0 Å². The monoisotopic (exact) mass is 212 g/mol. The zero-order chi connectivity index (χ0) is 11.1. The third-order valence-corrected chi connectivity index (χ3v) is 3.00. The van der Waals surface area contributed by atoms with Crippen molar-refractivity contribution in [2.75, 3.05) is 13.1 Å². The number of hydrogen-bond donors (Lipinski definition) is 1. The van der Waals surface area contributed by atoms with Gasteiger partial charge in [-0.05, 0) is 26.2 Å². The molecule has 3 nitrogen and oxygen atoms in total. The summed E-state index contributed by atoms with van der Waals surface area (Å²) in [5, 5.41) is 3.07. The van der Waals surface area contributed by atoms with Gasteiger partial charge in [0.2, 0.25) is 0 Å². The Morgan fingerprint density at radius 3 is 2.60 bits per heavy atom. The van der Waals surface area contributed by atoms with Crippen LogP contribution in [0.5, 0.6) is 0 Å². The molecule has 1 aliphatic heterocycles. The first kappa shape index (κ1) is 12.3. The van der Waals surface area contributed by atoms with Crippen LogP contribution in [0.15, 0.2) is 0 Å². The second kappa shape index (κ2) is 6.70. The standard InChI is InChI=1S/C12H24N2O/c1-3-4-5-8-11(2)13-12(15)14-9-6-7-10-14/h11H,3-10H2,1-2H3,(H,13,15)/t11-/m0/s1. The highest BCUT2D eigenvalue weighted by molar-refractivity contribution is 5.74. The Kier molecular flexibility index (Phi) is 5.51. The molecule has 0 aromatic heterocycles. The van der Waals surface area contributed by atoms with Crippen LogP contribution in [0.4, 0.5) is 4.79 Å². The number of unbranched alkanes of at least 4 members (excludes halogenated alkanes) is 2. The van der Waals surface area contributed by atoms with Gasteiger partial charge in [-0.3, -0.25) is 0 Å². The molecule has 1 N–H and O–H groups in total. The van der Waals surface area contributed by atoms with E-state index in [0.29, 0.717) is 6.04 Å². The number of hydrogen-bond acceptors (Lipinski definition) is 1. The SMILES string of the molecule is CCCCC[C@H](C)NC(=O)N1CCCC1. The van der Waals surface area contributed by atoms with Gasteiger partial charge in [0.1, 0.15) is 0 Å². The first-order valence-electron chi connectivity index (χ1n) is 6.29. The van der Waals surface area contributed by atoms with Gasteiger partial charge in [0, 0.05) is 19.1 Å². The van der Waals surface area contributed by atoms with Gasteiger partial charge in [-0.2, -0.15) is 0 Å². The van der Waals surface area contributed by atoms with Crippen LogP contribution in [0.3, 0.4) is 0 Å². The second-order valence-corrected chi connectivity index (χ2v) is 4.54. The molecule has 2 amide bonds. The minimum atomic E-state index is 0.136. The lowest BCUT2D eigenvalue weighted by Gasteiger charge is -2.20. The van der Waals surface area contributed by atoms with Crippen LogP contribution >= 0.6 is 0 Å². The Morgan fingerprint density at radius 1 is 1.33 bits per heavy atom. The molecule has 1 fully saturated rings. The van der Waals surface area contributed by atoms with Crippen LogP contribution in [0.2, 0.25) is 0 Å². The number of likely N-dealkylation sites (tertiary alicyclic amines) is 1. The molecule has 1 saturated heterocycles. The highest BCUT2D eigenvalue weighted by Gasteiger charge is 2.18. The lowest BCUT2D eigenvalue weighted by atomic mass is 10.1. The van der Waals surface area contributed by atoms with Gasteiger partial charge in [0.15, 0.2) is 0 Å². The maximum atomic E-state index is 11.7. The zero-order valence-corrected chi connectivity index (χ0v) is 10.1. The Morgan fingerprint density at radius 2 is 2.00 bits per heavy atom. The fraction of sp³-hybridized carbons (Fsp3) is 0.917. The molecule has 1 atom stereocenters. The number of carbonyl (C=O) groups is 1. The Bertz CT molecular complexity index is 188. The molecule has 0 saturated carbocycles. The summed E-state index contributed by atoms with van der Waals surface area (Å²) in [6, 6.07) is 0.459. The van der Waals surface area contributed by atoms with Gasteiger partial charge in [-0.1, -0.05) is 26.2 Å². The molecule has 88 valence electrons.